The third kappa shape index (κ3) is 3.98. The fourth-order valence-corrected chi connectivity index (χ4v) is 1.41. The Morgan fingerprint density at radius 3 is 2.50 bits per heavy atom. The van der Waals surface area contributed by atoms with Crippen LogP contribution in [0.25, 0.3) is 0 Å². The lowest BCUT2D eigenvalue weighted by molar-refractivity contribution is -0.385. The molecule has 0 atom stereocenters. The maximum absolute atomic E-state index is 10.8. The van der Waals surface area contributed by atoms with E-state index < -0.39 is 0 Å². The van der Waals surface area contributed by atoms with Crippen molar-refractivity contribution in [2.75, 3.05) is 6.54 Å². The summed E-state index contributed by atoms with van der Waals surface area (Å²) in [5, 5.41) is 14.0. The monoisotopic (exact) mass is 222 g/mol. The maximum atomic E-state index is 10.8. The Bertz CT molecular complexity index is 370. The normalized spacial score (nSPS) is 11.4. The molecule has 0 aliphatic heterocycles. The van der Waals surface area contributed by atoms with Crippen LogP contribution in [-0.2, 0) is 6.54 Å². The van der Waals surface area contributed by atoms with E-state index in [1.54, 1.807) is 12.1 Å². The van der Waals surface area contributed by atoms with Crippen LogP contribution in [0, 0.1) is 15.5 Å². The van der Waals surface area contributed by atoms with Crippen molar-refractivity contribution in [2.24, 2.45) is 5.41 Å². The van der Waals surface area contributed by atoms with Crippen molar-refractivity contribution in [3.63, 3.8) is 0 Å². The number of nitrogens with one attached hydrogen (secondary N) is 1. The van der Waals surface area contributed by atoms with E-state index in [-0.39, 0.29) is 16.0 Å². The van der Waals surface area contributed by atoms with Crippen LogP contribution in [0.4, 0.5) is 5.69 Å². The molecule has 4 nitrogen and oxygen atoms in total. The molecule has 1 aromatic carbocycles. The smallest absolute Gasteiger partial charge is 0.273 e. The van der Waals surface area contributed by atoms with Gasteiger partial charge in [-0.05, 0) is 5.41 Å². The minimum atomic E-state index is -0.339. The van der Waals surface area contributed by atoms with E-state index >= 15 is 0 Å². The van der Waals surface area contributed by atoms with Crippen LogP contribution in [0.2, 0.25) is 0 Å². The van der Waals surface area contributed by atoms with Crippen LogP contribution in [0.15, 0.2) is 24.3 Å². The minimum Gasteiger partial charge on any atom is -0.312 e. The van der Waals surface area contributed by atoms with Crippen molar-refractivity contribution in [3.05, 3.63) is 39.9 Å². The molecule has 0 fully saturated rings. The SMILES string of the molecule is CC(C)(C)CNCc1ccccc1[N+](=O)[O-]. The van der Waals surface area contributed by atoms with Crippen LogP contribution in [-0.4, -0.2) is 11.5 Å². The topological polar surface area (TPSA) is 55.2 Å². The summed E-state index contributed by atoms with van der Waals surface area (Å²) in [5.74, 6) is 0. The molecule has 88 valence electrons. The van der Waals surface area contributed by atoms with E-state index in [1.807, 2.05) is 6.07 Å². The molecule has 0 radical (unpaired) electrons. The highest BCUT2D eigenvalue weighted by molar-refractivity contribution is 5.39. The van der Waals surface area contributed by atoms with Gasteiger partial charge in [0, 0.05) is 24.7 Å². The first kappa shape index (κ1) is 12.6. The van der Waals surface area contributed by atoms with Crippen LogP contribution in [0.1, 0.15) is 26.3 Å². The Kier molecular flexibility index (Phi) is 4.01. The highest BCUT2D eigenvalue weighted by Gasteiger charge is 2.13. The molecule has 0 bridgehead atoms. The lowest BCUT2D eigenvalue weighted by Gasteiger charge is -2.18. The lowest BCUT2D eigenvalue weighted by Crippen LogP contribution is -2.26. The van der Waals surface area contributed by atoms with Gasteiger partial charge in [0.25, 0.3) is 5.69 Å². The molecule has 0 aliphatic rings. The van der Waals surface area contributed by atoms with Gasteiger partial charge in [0.05, 0.1) is 4.92 Å². The summed E-state index contributed by atoms with van der Waals surface area (Å²) < 4.78 is 0. The highest BCUT2D eigenvalue weighted by Crippen LogP contribution is 2.18. The van der Waals surface area contributed by atoms with Crippen molar-refractivity contribution in [2.45, 2.75) is 27.3 Å². The number of hydrogen-bond donors (Lipinski definition) is 1. The first-order valence-electron chi connectivity index (χ1n) is 5.33. The molecular weight excluding hydrogens is 204 g/mol. The molecular formula is C12H18N2O2. The first-order chi connectivity index (χ1) is 7.40. The number of rotatable bonds is 4. The van der Waals surface area contributed by atoms with E-state index in [2.05, 4.69) is 26.1 Å². The maximum Gasteiger partial charge on any atom is 0.273 e. The van der Waals surface area contributed by atoms with Gasteiger partial charge in [-0.3, -0.25) is 10.1 Å². The average molecular weight is 222 g/mol. The van der Waals surface area contributed by atoms with Crippen molar-refractivity contribution in [3.8, 4) is 0 Å². The molecule has 0 amide bonds. The van der Waals surface area contributed by atoms with Crippen LogP contribution >= 0.6 is 0 Å². The van der Waals surface area contributed by atoms with E-state index in [1.165, 1.54) is 6.07 Å². The van der Waals surface area contributed by atoms with Gasteiger partial charge in [0.1, 0.15) is 0 Å². The molecule has 0 heterocycles. The predicted molar refractivity (Wildman–Crippen MR) is 64.3 cm³/mol. The molecule has 0 saturated carbocycles. The first-order valence-corrected chi connectivity index (χ1v) is 5.33. The Morgan fingerprint density at radius 1 is 1.31 bits per heavy atom. The Balaban J connectivity index is 2.64. The Morgan fingerprint density at radius 2 is 1.94 bits per heavy atom. The second-order valence-corrected chi connectivity index (χ2v) is 5.05. The molecule has 0 aromatic heterocycles. The van der Waals surface area contributed by atoms with Gasteiger partial charge >= 0.3 is 0 Å². The average Bonchev–Trinajstić information content (AvgIpc) is 2.16. The zero-order valence-corrected chi connectivity index (χ0v) is 9.99. The zero-order chi connectivity index (χ0) is 12.2. The second kappa shape index (κ2) is 5.07. The van der Waals surface area contributed by atoms with E-state index in [0.29, 0.717) is 6.54 Å². The molecule has 1 N–H and O–H groups in total. The standard InChI is InChI=1S/C12H18N2O2/c1-12(2,3)9-13-8-10-6-4-5-7-11(10)14(15)16/h4-7,13H,8-9H2,1-3H3. The summed E-state index contributed by atoms with van der Waals surface area (Å²) in [5.41, 5.74) is 1.10. The zero-order valence-electron chi connectivity index (χ0n) is 9.99. The Labute approximate surface area is 95.8 Å². The quantitative estimate of drug-likeness (QED) is 0.629. The van der Waals surface area contributed by atoms with E-state index in [9.17, 15) is 10.1 Å². The number of nitrogens with zero attached hydrogens (tertiary/aromatic N) is 1. The Hall–Kier alpha value is -1.42. The molecule has 1 rings (SSSR count). The van der Waals surface area contributed by atoms with Gasteiger partial charge in [0.2, 0.25) is 0 Å². The number of benzene rings is 1. The van der Waals surface area contributed by atoms with Crippen molar-refractivity contribution < 1.29 is 4.92 Å². The van der Waals surface area contributed by atoms with Gasteiger partial charge in [0.15, 0.2) is 0 Å². The summed E-state index contributed by atoms with van der Waals surface area (Å²) >= 11 is 0. The molecule has 1 aromatic rings. The summed E-state index contributed by atoms with van der Waals surface area (Å²) in [6.45, 7) is 7.74. The van der Waals surface area contributed by atoms with Crippen LogP contribution in [0.5, 0.6) is 0 Å². The number of nitro groups is 1. The molecule has 0 aliphatic carbocycles. The van der Waals surface area contributed by atoms with Crippen molar-refractivity contribution >= 4 is 5.69 Å². The fourth-order valence-electron chi connectivity index (χ4n) is 1.41. The van der Waals surface area contributed by atoms with Crippen molar-refractivity contribution in [1.82, 2.24) is 5.32 Å². The van der Waals surface area contributed by atoms with Gasteiger partial charge in [-0.25, -0.2) is 0 Å². The number of nitro benzene ring substituents is 1. The third-order valence-electron chi connectivity index (χ3n) is 2.16. The molecule has 4 heteroatoms. The second-order valence-electron chi connectivity index (χ2n) is 5.05. The lowest BCUT2D eigenvalue weighted by atomic mass is 9.97. The van der Waals surface area contributed by atoms with Crippen molar-refractivity contribution in [1.29, 1.82) is 0 Å². The van der Waals surface area contributed by atoms with Crippen LogP contribution < -0.4 is 5.32 Å². The fraction of sp³-hybridized carbons (Fsp3) is 0.500. The minimum absolute atomic E-state index is 0.184. The molecule has 0 spiro atoms. The summed E-state index contributed by atoms with van der Waals surface area (Å²) in [7, 11) is 0. The van der Waals surface area contributed by atoms with E-state index in [4.69, 9.17) is 0 Å². The summed E-state index contributed by atoms with van der Waals surface area (Å²) in [6.07, 6.45) is 0. The van der Waals surface area contributed by atoms with Gasteiger partial charge in [-0.1, -0.05) is 39.0 Å². The number of para-hydroxylation sites is 1. The highest BCUT2D eigenvalue weighted by atomic mass is 16.6. The summed E-state index contributed by atoms with van der Waals surface area (Å²) in [6, 6.07) is 6.83. The van der Waals surface area contributed by atoms with Gasteiger partial charge in [-0.15, -0.1) is 0 Å². The van der Waals surface area contributed by atoms with Gasteiger partial charge < -0.3 is 5.32 Å². The predicted octanol–water partition coefficient (Wildman–Crippen LogP) is 2.73. The molecule has 0 unspecified atom stereocenters. The van der Waals surface area contributed by atoms with Crippen LogP contribution in [0.3, 0.4) is 0 Å². The number of hydrogen-bond acceptors (Lipinski definition) is 3. The summed E-state index contributed by atoms with van der Waals surface area (Å²) in [4.78, 5) is 10.4. The van der Waals surface area contributed by atoms with E-state index in [0.717, 1.165) is 12.1 Å². The molecule has 0 saturated heterocycles. The third-order valence-corrected chi connectivity index (χ3v) is 2.16. The largest absolute Gasteiger partial charge is 0.312 e. The molecule has 16 heavy (non-hydrogen) atoms. The van der Waals surface area contributed by atoms with Gasteiger partial charge in [-0.2, -0.15) is 0 Å².